The van der Waals surface area contributed by atoms with Gasteiger partial charge in [0.05, 0.1) is 31.1 Å². The SMILES string of the molecule is O=C(O)c1ccc(N2C(=O)C(=Cc3nc(-c4ccc(Cl)s4)cs3)SC2=S)cc1. The van der Waals surface area contributed by atoms with Crippen LogP contribution in [0.3, 0.4) is 0 Å². The third-order valence-corrected chi connectivity index (χ3v) is 7.12. The van der Waals surface area contributed by atoms with Gasteiger partial charge in [-0.05, 0) is 42.5 Å². The number of amides is 1. The molecule has 0 aliphatic carbocycles. The largest absolute Gasteiger partial charge is 0.478 e. The minimum Gasteiger partial charge on any atom is -0.478 e. The van der Waals surface area contributed by atoms with Crippen molar-refractivity contribution in [3.8, 4) is 10.6 Å². The number of hydrogen-bond donors (Lipinski definition) is 1. The Kier molecular flexibility index (Phi) is 5.35. The van der Waals surface area contributed by atoms with Gasteiger partial charge in [0, 0.05) is 5.38 Å². The second kappa shape index (κ2) is 7.76. The van der Waals surface area contributed by atoms with Crippen molar-refractivity contribution in [2.45, 2.75) is 0 Å². The van der Waals surface area contributed by atoms with E-state index in [0.29, 0.717) is 24.3 Å². The number of carboxylic acid groups (broad SMARTS) is 1. The Morgan fingerprint density at radius 3 is 2.61 bits per heavy atom. The number of thiazole rings is 1. The van der Waals surface area contributed by atoms with Crippen LogP contribution in [-0.2, 0) is 4.79 Å². The molecule has 0 saturated carbocycles. The van der Waals surface area contributed by atoms with E-state index in [2.05, 4.69) is 4.98 Å². The van der Waals surface area contributed by atoms with Gasteiger partial charge in [-0.3, -0.25) is 9.69 Å². The summed E-state index contributed by atoms with van der Waals surface area (Å²) >= 11 is 15.4. The van der Waals surface area contributed by atoms with Crippen molar-refractivity contribution in [3.63, 3.8) is 0 Å². The Bertz CT molecular complexity index is 1130. The maximum atomic E-state index is 12.8. The summed E-state index contributed by atoms with van der Waals surface area (Å²) in [7, 11) is 0. The second-order valence-electron chi connectivity index (χ2n) is 5.54. The van der Waals surface area contributed by atoms with Crippen LogP contribution in [0.1, 0.15) is 15.4 Å². The van der Waals surface area contributed by atoms with Crippen LogP contribution in [0.4, 0.5) is 5.69 Å². The van der Waals surface area contributed by atoms with Crippen LogP contribution in [0.5, 0.6) is 0 Å². The van der Waals surface area contributed by atoms with Gasteiger partial charge in [-0.1, -0.05) is 35.6 Å². The summed E-state index contributed by atoms with van der Waals surface area (Å²) in [6, 6.07) is 9.75. The van der Waals surface area contributed by atoms with Gasteiger partial charge < -0.3 is 5.11 Å². The third kappa shape index (κ3) is 3.76. The molecule has 3 aromatic rings. The number of anilines is 1. The van der Waals surface area contributed by atoms with Gasteiger partial charge in [0.1, 0.15) is 5.01 Å². The third-order valence-electron chi connectivity index (χ3n) is 3.77. The first-order chi connectivity index (χ1) is 13.4. The summed E-state index contributed by atoms with van der Waals surface area (Å²) in [6.07, 6.45) is 1.72. The van der Waals surface area contributed by atoms with Crippen molar-refractivity contribution in [3.05, 3.63) is 61.6 Å². The first-order valence-electron chi connectivity index (χ1n) is 7.75. The fourth-order valence-electron chi connectivity index (χ4n) is 2.47. The first-order valence-corrected chi connectivity index (χ1v) is 11.0. The normalized spacial score (nSPS) is 15.6. The number of nitrogens with zero attached hydrogens (tertiary/aromatic N) is 2. The molecule has 5 nitrogen and oxygen atoms in total. The smallest absolute Gasteiger partial charge is 0.335 e. The minimum absolute atomic E-state index is 0.147. The predicted molar refractivity (Wildman–Crippen MR) is 119 cm³/mol. The quantitative estimate of drug-likeness (QED) is 0.398. The Hall–Kier alpha value is -2.04. The highest BCUT2D eigenvalue weighted by Crippen LogP contribution is 2.37. The number of carboxylic acids is 1. The Balaban J connectivity index is 1.58. The molecule has 0 radical (unpaired) electrons. The molecule has 1 aromatic carbocycles. The zero-order valence-corrected chi connectivity index (χ0v) is 17.8. The summed E-state index contributed by atoms with van der Waals surface area (Å²) in [4.78, 5) is 31.2. The number of aromatic carboxylic acids is 1. The number of aromatic nitrogens is 1. The molecule has 0 unspecified atom stereocenters. The summed E-state index contributed by atoms with van der Waals surface area (Å²) < 4.78 is 1.08. The number of thiocarbonyl (C=S) groups is 1. The van der Waals surface area contributed by atoms with Crippen molar-refractivity contribution in [2.24, 2.45) is 0 Å². The fourth-order valence-corrected chi connectivity index (χ4v) is 5.65. The van der Waals surface area contributed by atoms with E-state index >= 15 is 0 Å². The lowest BCUT2D eigenvalue weighted by Gasteiger charge is -2.14. The lowest BCUT2D eigenvalue weighted by molar-refractivity contribution is -0.113. The molecule has 2 aromatic heterocycles. The maximum absolute atomic E-state index is 12.8. The van der Waals surface area contributed by atoms with Crippen LogP contribution >= 0.6 is 58.3 Å². The molecule has 140 valence electrons. The van der Waals surface area contributed by atoms with Gasteiger partial charge in [0.2, 0.25) is 0 Å². The standard InChI is InChI=1S/C18H9ClN2O3S4/c19-14-6-5-12(27-14)11-8-26-15(20-11)7-13-16(22)21(18(25)28-13)10-3-1-9(2-4-10)17(23)24/h1-8H,(H,23,24). The van der Waals surface area contributed by atoms with Crippen LogP contribution in [0.15, 0.2) is 46.7 Å². The average Bonchev–Trinajstić information content (AvgIpc) is 3.36. The molecule has 28 heavy (non-hydrogen) atoms. The van der Waals surface area contributed by atoms with E-state index in [1.165, 1.54) is 51.5 Å². The van der Waals surface area contributed by atoms with Crippen LogP contribution in [-0.4, -0.2) is 26.3 Å². The minimum atomic E-state index is -1.02. The summed E-state index contributed by atoms with van der Waals surface area (Å²) in [5, 5.41) is 11.6. The summed E-state index contributed by atoms with van der Waals surface area (Å²) in [5.74, 6) is -1.28. The summed E-state index contributed by atoms with van der Waals surface area (Å²) in [5.41, 5.74) is 1.49. The van der Waals surface area contributed by atoms with Crippen LogP contribution in [0.2, 0.25) is 4.34 Å². The van der Waals surface area contributed by atoms with E-state index in [-0.39, 0.29) is 11.5 Å². The van der Waals surface area contributed by atoms with Gasteiger partial charge in [0.15, 0.2) is 4.32 Å². The molecule has 0 spiro atoms. The van der Waals surface area contributed by atoms with Crippen molar-refractivity contribution >= 4 is 86.2 Å². The van der Waals surface area contributed by atoms with E-state index in [0.717, 1.165) is 10.6 Å². The lowest BCUT2D eigenvalue weighted by Crippen LogP contribution is -2.27. The highest BCUT2D eigenvalue weighted by molar-refractivity contribution is 8.27. The van der Waals surface area contributed by atoms with Crippen molar-refractivity contribution in [2.75, 3.05) is 4.90 Å². The monoisotopic (exact) mass is 464 g/mol. The van der Waals surface area contributed by atoms with E-state index in [1.807, 2.05) is 17.5 Å². The Labute approximate surface area is 182 Å². The number of thiophene rings is 1. The van der Waals surface area contributed by atoms with E-state index in [1.54, 1.807) is 18.2 Å². The molecule has 3 heterocycles. The lowest BCUT2D eigenvalue weighted by atomic mass is 10.2. The van der Waals surface area contributed by atoms with Crippen LogP contribution in [0.25, 0.3) is 16.6 Å². The maximum Gasteiger partial charge on any atom is 0.335 e. The number of benzene rings is 1. The molecule has 1 aliphatic rings. The van der Waals surface area contributed by atoms with E-state index < -0.39 is 5.97 Å². The van der Waals surface area contributed by atoms with Gasteiger partial charge in [-0.2, -0.15) is 0 Å². The number of thioether (sulfide) groups is 1. The average molecular weight is 465 g/mol. The van der Waals surface area contributed by atoms with Gasteiger partial charge in [-0.15, -0.1) is 22.7 Å². The number of rotatable bonds is 4. The highest BCUT2D eigenvalue weighted by Gasteiger charge is 2.33. The molecule has 1 saturated heterocycles. The molecule has 1 aliphatic heterocycles. The van der Waals surface area contributed by atoms with E-state index in [9.17, 15) is 9.59 Å². The molecule has 0 bridgehead atoms. The van der Waals surface area contributed by atoms with Gasteiger partial charge in [0.25, 0.3) is 5.91 Å². The molecule has 4 rings (SSSR count). The molecule has 10 heteroatoms. The molecule has 1 amide bonds. The Morgan fingerprint density at radius 1 is 1.21 bits per heavy atom. The van der Waals surface area contributed by atoms with E-state index in [4.69, 9.17) is 28.9 Å². The van der Waals surface area contributed by atoms with Gasteiger partial charge in [-0.25, -0.2) is 9.78 Å². The highest BCUT2D eigenvalue weighted by atomic mass is 35.5. The zero-order chi connectivity index (χ0) is 19.8. The fraction of sp³-hybridized carbons (Fsp3) is 0. The van der Waals surface area contributed by atoms with Crippen LogP contribution < -0.4 is 4.90 Å². The molecular formula is C18H9ClN2O3S4. The number of hydrogen-bond acceptors (Lipinski definition) is 7. The topological polar surface area (TPSA) is 70.5 Å². The molecule has 1 N–H and O–H groups in total. The number of halogens is 1. The summed E-state index contributed by atoms with van der Waals surface area (Å²) in [6.45, 7) is 0. The predicted octanol–water partition coefficient (Wildman–Crippen LogP) is 5.63. The number of carbonyl (C=O) groups excluding carboxylic acids is 1. The van der Waals surface area contributed by atoms with Crippen molar-refractivity contribution in [1.29, 1.82) is 0 Å². The van der Waals surface area contributed by atoms with Crippen LogP contribution in [0, 0.1) is 0 Å². The molecule has 0 atom stereocenters. The van der Waals surface area contributed by atoms with Crippen molar-refractivity contribution in [1.82, 2.24) is 4.98 Å². The van der Waals surface area contributed by atoms with Gasteiger partial charge >= 0.3 is 5.97 Å². The Morgan fingerprint density at radius 2 is 1.96 bits per heavy atom. The molecular weight excluding hydrogens is 456 g/mol. The zero-order valence-electron chi connectivity index (χ0n) is 13.8. The first kappa shape index (κ1) is 19.3. The number of carbonyl (C=O) groups is 2. The second-order valence-corrected chi connectivity index (χ2v) is 9.82. The van der Waals surface area contributed by atoms with Crippen molar-refractivity contribution < 1.29 is 14.7 Å². The molecule has 1 fully saturated rings.